The molecule has 11 nitrogen and oxygen atoms in total. The Kier molecular flexibility index (Phi) is 7.34. The van der Waals surface area contributed by atoms with Crippen molar-refractivity contribution >= 4 is 17.8 Å². The van der Waals surface area contributed by atoms with Gasteiger partial charge in [0, 0.05) is 20.1 Å². The molecule has 1 aliphatic heterocycles. The van der Waals surface area contributed by atoms with E-state index >= 15 is 0 Å². The topological polar surface area (TPSA) is 156 Å². The minimum Gasteiger partial charge on any atom is -0.394 e. The molecule has 3 rings (SSSR count). The number of nitrogens with zero attached hydrogens (tertiary/aromatic N) is 4. The van der Waals surface area contributed by atoms with Gasteiger partial charge in [-0.15, -0.1) is 0 Å². The van der Waals surface area contributed by atoms with E-state index in [1.165, 1.54) is 0 Å². The normalized spacial score (nSPS) is 24.5. The molecule has 1 fully saturated rings. The maximum Gasteiger partial charge on any atom is 0.231 e. The summed E-state index contributed by atoms with van der Waals surface area (Å²) >= 11 is 0. The molecule has 1 aliphatic rings. The van der Waals surface area contributed by atoms with Gasteiger partial charge in [0.1, 0.15) is 18.3 Å². The van der Waals surface area contributed by atoms with Gasteiger partial charge in [0.05, 0.1) is 12.7 Å². The molecular formula is C19H28N6O5. The molecule has 1 aromatic heterocycles. The van der Waals surface area contributed by atoms with E-state index in [2.05, 4.69) is 25.6 Å². The molecule has 0 bridgehead atoms. The van der Waals surface area contributed by atoms with Gasteiger partial charge in [0.15, 0.2) is 6.23 Å². The van der Waals surface area contributed by atoms with Crippen LogP contribution in [0, 0.1) is 0 Å². The molecule has 1 aromatic carbocycles. The molecule has 2 heterocycles. The number of hydrogen-bond donors (Lipinski definition) is 6. The van der Waals surface area contributed by atoms with Crippen LogP contribution in [0.4, 0.5) is 17.8 Å². The molecule has 0 radical (unpaired) electrons. The smallest absolute Gasteiger partial charge is 0.231 e. The van der Waals surface area contributed by atoms with Crippen molar-refractivity contribution in [2.75, 3.05) is 42.3 Å². The van der Waals surface area contributed by atoms with E-state index in [0.717, 1.165) is 5.56 Å². The third-order valence-electron chi connectivity index (χ3n) is 4.89. The number of ether oxygens (including phenoxy) is 1. The highest BCUT2D eigenvalue weighted by Crippen LogP contribution is 2.23. The summed E-state index contributed by atoms with van der Waals surface area (Å²) in [4.78, 5) is 14.7. The largest absolute Gasteiger partial charge is 0.394 e. The lowest BCUT2D eigenvalue weighted by molar-refractivity contribution is -0.0154. The lowest BCUT2D eigenvalue weighted by Gasteiger charge is -2.20. The Hall–Kier alpha value is -2.57. The van der Waals surface area contributed by atoms with E-state index in [4.69, 9.17) is 4.74 Å². The molecule has 0 saturated carbocycles. The summed E-state index contributed by atoms with van der Waals surface area (Å²) in [5.41, 5.74) is 0.759. The van der Waals surface area contributed by atoms with Crippen LogP contribution in [-0.4, -0.2) is 86.7 Å². The fraction of sp³-hybridized carbons (Fsp3) is 0.526. The molecule has 6 N–H and O–H groups in total. The van der Waals surface area contributed by atoms with E-state index in [9.17, 15) is 20.4 Å². The van der Waals surface area contributed by atoms with E-state index in [1.807, 2.05) is 44.3 Å². The second-order valence-electron chi connectivity index (χ2n) is 7.01. The van der Waals surface area contributed by atoms with E-state index in [1.54, 1.807) is 4.90 Å². The second kappa shape index (κ2) is 9.96. The van der Waals surface area contributed by atoms with Crippen molar-refractivity contribution in [1.82, 2.24) is 15.0 Å². The first-order valence-corrected chi connectivity index (χ1v) is 9.76. The Morgan fingerprint density at radius 2 is 1.80 bits per heavy atom. The van der Waals surface area contributed by atoms with Gasteiger partial charge in [-0.25, -0.2) is 0 Å². The quantitative estimate of drug-likeness (QED) is 0.306. The van der Waals surface area contributed by atoms with Crippen molar-refractivity contribution < 1.29 is 25.2 Å². The minimum absolute atomic E-state index is 0.117. The third kappa shape index (κ3) is 5.12. The molecule has 1 saturated heterocycles. The first-order valence-electron chi connectivity index (χ1n) is 9.76. The zero-order valence-electron chi connectivity index (χ0n) is 16.9. The summed E-state index contributed by atoms with van der Waals surface area (Å²) in [7, 11) is 1.81. The summed E-state index contributed by atoms with van der Waals surface area (Å²) in [6.07, 6.45) is -5.15. The molecule has 1 unspecified atom stereocenters. The van der Waals surface area contributed by atoms with Crippen molar-refractivity contribution in [3.8, 4) is 0 Å². The summed E-state index contributed by atoms with van der Waals surface area (Å²) in [6.45, 7) is 2.33. The van der Waals surface area contributed by atoms with Crippen LogP contribution in [0.15, 0.2) is 30.3 Å². The van der Waals surface area contributed by atoms with Gasteiger partial charge < -0.3 is 40.7 Å². The van der Waals surface area contributed by atoms with Gasteiger partial charge >= 0.3 is 0 Å². The fourth-order valence-electron chi connectivity index (χ4n) is 2.95. The van der Waals surface area contributed by atoms with Crippen LogP contribution in [0.1, 0.15) is 18.6 Å². The first kappa shape index (κ1) is 22.1. The molecular weight excluding hydrogens is 392 g/mol. The van der Waals surface area contributed by atoms with Crippen LogP contribution in [-0.2, 0) is 4.74 Å². The number of hydrogen-bond acceptors (Lipinski definition) is 11. The second-order valence-corrected chi connectivity index (χ2v) is 7.01. The summed E-state index contributed by atoms with van der Waals surface area (Å²) in [6, 6.07) is 9.21. The number of benzene rings is 1. The summed E-state index contributed by atoms with van der Waals surface area (Å²) in [5, 5.41) is 45.5. The molecule has 11 heteroatoms. The highest BCUT2D eigenvalue weighted by atomic mass is 16.6. The van der Waals surface area contributed by atoms with Crippen LogP contribution < -0.4 is 15.5 Å². The maximum absolute atomic E-state index is 10.4. The number of aromatic nitrogens is 3. The number of rotatable bonds is 9. The molecule has 5 atom stereocenters. The summed E-state index contributed by atoms with van der Waals surface area (Å²) < 4.78 is 5.43. The lowest BCUT2D eigenvalue weighted by Crippen LogP contribution is -2.37. The van der Waals surface area contributed by atoms with Crippen molar-refractivity contribution in [2.45, 2.75) is 37.6 Å². The predicted octanol–water partition coefficient (Wildman–Crippen LogP) is -0.676. The molecule has 30 heavy (non-hydrogen) atoms. The van der Waals surface area contributed by atoms with Gasteiger partial charge in [0.25, 0.3) is 0 Å². The van der Waals surface area contributed by atoms with Crippen LogP contribution in [0.2, 0.25) is 0 Å². The number of aliphatic hydroxyl groups is 4. The van der Waals surface area contributed by atoms with E-state index in [0.29, 0.717) is 12.5 Å². The Morgan fingerprint density at radius 3 is 2.43 bits per heavy atom. The number of nitrogens with one attached hydrogen (secondary N) is 2. The van der Waals surface area contributed by atoms with Gasteiger partial charge in [-0.3, -0.25) is 0 Å². The Balaban J connectivity index is 1.75. The van der Waals surface area contributed by atoms with Gasteiger partial charge in [-0.2, -0.15) is 15.0 Å². The van der Waals surface area contributed by atoms with Gasteiger partial charge in [-0.1, -0.05) is 30.3 Å². The average molecular weight is 420 g/mol. The van der Waals surface area contributed by atoms with Crippen molar-refractivity contribution in [3.63, 3.8) is 0 Å². The fourth-order valence-corrected chi connectivity index (χ4v) is 2.95. The maximum atomic E-state index is 10.4. The van der Waals surface area contributed by atoms with Crippen LogP contribution in [0.3, 0.4) is 0 Å². The van der Waals surface area contributed by atoms with Crippen molar-refractivity contribution in [3.05, 3.63) is 35.9 Å². The monoisotopic (exact) mass is 420 g/mol. The van der Waals surface area contributed by atoms with E-state index in [-0.39, 0.29) is 18.4 Å². The molecule has 164 valence electrons. The van der Waals surface area contributed by atoms with Crippen LogP contribution in [0.25, 0.3) is 0 Å². The highest BCUT2D eigenvalue weighted by Gasteiger charge is 2.42. The molecule has 0 amide bonds. The average Bonchev–Trinajstić information content (AvgIpc) is 3.05. The van der Waals surface area contributed by atoms with Gasteiger partial charge in [-0.05, 0) is 12.5 Å². The van der Waals surface area contributed by atoms with Crippen LogP contribution in [0.5, 0.6) is 0 Å². The van der Waals surface area contributed by atoms with Crippen molar-refractivity contribution in [1.29, 1.82) is 0 Å². The Labute approximate surface area is 174 Å². The predicted molar refractivity (Wildman–Crippen MR) is 110 cm³/mol. The Morgan fingerprint density at radius 1 is 1.10 bits per heavy atom. The zero-order chi connectivity index (χ0) is 21.7. The summed E-state index contributed by atoms with van der Waals surface area (Å²) in [5.74, 6) is 0.717. The van der Waals surface area contributed by atoms with Crippen LogP contribution >= 0.6 is 0 Å². The number of aliphatic hydroxyl groups excluding tert-OH is 4. The lowest BCUT2D eigenvalue weighted by atomic mass is 10.1. The molecule has 0 aliphatic carbocycles. The molecule has 2 aromatic rings. The van der Waals surface area contributed by atoms with E-state index < -0.39 is 37.3 Å². The van der Waals surface area contributed by atoms with Gasteiger partial charge in [0.2, 0.25) is 17.8 Å². The standard InChI is InChI=1S/C19H28N6O5/c1-3-25(2)19-23-17(20-9-12(27)11-7-5-4-6-8-11)22-18(24-19)21-16-15(29)14(28)13(10-26)30-16/h4-8,12-16,26-29H,3,9-10H2,1-2H3,(H2,20,21,22,23,24)/t12?,13-,14-,15-,16-/m1/s1. The SMILES string of the molecule is CCN(C)c1nc(NCC(O)c2ccccc2)nc(N[C@@H]2O[C@H](CO)[C@@H](O)[C@H]2O)n1. The Bertz CT molecular complexity index is 813. The number of anilines is 3. The first-order chi connectivity index (χ1) is 14.4. The molecule has 0 spiro atoms. The highest BCUT2D eigenvalue weighted by molar-refractivity contribution is 5.44. The van der Waals surface area contributed by atoms with Crippen molar-refractivity contribution in [2.24, 2.45) is 0 Å². The third-order valence-corrected chi connectivity index (χ3v) is 4.89. The zero-order valence-corrected chi connectivity index (χ0v) is 16.9. The minimum atomic E-state index is -1.26.